The summed E-state index contributed by atoms with van der Waals surface area (Å²) in [5.74, 6) is 0.212. The van der Waals surface area contributed by atoms with Crippen LogP contribution in [0.25, 0.3) is 0 Å². The second kappa shape index (κ2) is 3.15. The average Bonchev–Trinajstić information content (AvgIpc) is 2.86. The highest BCUT2D eigenvalue weighted by Crippen LogP contribution is 2.40. The Morgan fingerprint density at radius 2 is 2.20 bits per heavy atom. The van der Waals surface area contributed by atoms with Gasteiger partial charge in [-0.25, -0.2) is 0 Å². The van der Waals surface area contributed by atoms with Gasteiger partial charge in [-0.15, -0.1) is 0 Å². The fourth-order valence-corrected chi connectivity index (χ4v) is 2.32. The fraction of sp³-hybridized carbons (Fsp3) is 0.417. The van der Waals surface area contributed by atoms with Gasteiger partial charge < -0.3 is 10.1 Å². The first-order valence-corrected chi connectivity index (χ1v) is 5.28. The largest absolute Gasteiger partial charge is 0.363 e. The zero-order valence-corrected chi connectivity index (χ0v) is 8.40. The number of rotatable bonds is 2. The number of fused-ring (bicyclic) bond motifs is 1. The third-order valence-electron chi connectivity index (χ3n) is 3.18. The average molecular weight is 203 g/mol. The van der Waals surface area contributed by atoms with Crippen LogP contribution in [0, 0.1) is 0 Å². The molecule has 2 unspecified atom stereocenters. The standard InChI is InChI=1S/C12H13NO2/c14-11-10-12(11,15-7-6-13-10)8-9-4-2-1-3-5-9/h1-5,10,13H,6-8H2. The summed E-state index contributed by atoms with van der Waals surface area (Å²) in [6.07, 6.45) is 0.699. The number of carbonyl (C=O) groups is 1. The van der Waals surface area contributed by atoms with E-state index in [2.05, 4.69) is 5.32 Å². The van der Waals surface area contributed by atoms with E-state index in [1.807, 2.05) is 30.3 Å². The van der Waals surface area contributed by atoms with Gasteiger partial charge in [0.05, 0.1) is 6.61 Å². The van der Waals surface area contributed by atoms with E-state index >= 15 is 0 Å². The Morgan fingerprint density at radius 1 is 1.40 bits per heavy atom. The zero-order valence-electron chi connectivity index (χ0n) is 8.40. The number of ether oxygens (including phenoxy) is 1. The lowest BCUT2D eigenvalue weighted by Gasteiger charge is -2.21. The Bertz CT molecular complexity index is 390. The Labute approximate surface area is 88.4 Å². The third kappa shape index (κ3) is 1.31. The van der Waals surface area contributed by atoms with E-state index in [-0.39, 0.29) is 11.8 Å². The first-order chi connectivity index (χ1) is 7.33. The summed E-state index contributed by atoms with van der Waals surface area (Å²) < 4.78 is 5.64. The molecule has 1 heterocycles. The normalized spacial score (nSPS) is 33.6. The number of hydrogen-bond donors (Lipinski definition) is 1. The molecule has 15 heavy (non-hydrogen) atoms. The van der Waals surface area contributed by atoms with Crippen molar-refractivity contribution in [3.63, 3.8) is 0 Å². The van der Waals surface area contributed by atoms with Gasteiger partial charge in [-0.05, 0) is 5.56 Å². The molecule has 1 saturated heterocycles. The van der Waals surface area contributed by atoms with Crippen LogP contribution in [-0.2, 0) is 16.0 Å². The molecule has 1 aliphatic carbocycles. The van der Waals surface area contributed by atoms with E-state index in [0.29, 0.717) is 13.0 Å². The quantitative estimate of drug-likeness (QED) is 0.762. The molecule has 2 aliphatic rings. The minimum Gasteiger partial charge on any atom is -0.363 e. The smallest absolute Gasteiger partial charge is 0.187 e. The van der Waals surface area contributed by atoms with Gasteiger partial charge in [0.2, 0.25) is 0 Å². The maximum Gasteiger partial charge on any atom is 0.187 e. The Morgan fingerprint density at radius 3 is 2.93 bits per heavy atom. The van der Waals surface area contributed by atoms with Crippen LogP contribution in [-0.4, -0.2) is 30.6 Å². The molecule has 1 aromatic carbocycles. The summed E-state index contributed by atoms with van der Waals surface area (Å²) in [5.41, 5.74) is 0.622. The molecular formula is C12H13NO2. The molecule has 1 aromatic rings. The van der Waals surface area contributed by atoms with E-state index in [1.54, 1.807) is 0 Å². The lowest BCUT2D eigenvalue weighted by atomic mass is 10.1. The van der Waals surface area contributed by atoms with Gasteiger partial charge in [-0.1, -0.05) is 30.3 Å². The highest BCUT2D eigenvalue weighted by molar-refractivity contribution is 6.11. The maximum absolute atomic E-state index is 11.7. The van der Waals surface area contributed by atoms with Crippen LogP contribution in [0.5, 0.6) is 0 Å². The van der Waals surface area contributed by atoms with Gasteiger partial charge in [0.25, 0.3) is 0 Å². The van der Waals surface area contributed by atoms with Crippen LogP contribution in [0.1, 0.15) is 5.56 Å². The Hall–Kier alpha value is -1.19. The molecule has 1 saturated carbocycles. The highest BCUT2D eigenvalue weighted by Gasteiger charge is 2.67. The van der Waals surface area contributed by atoms with Crippen molar-refractivity contribution in [2.75, 3.05) is 13.2 Å². The molecule has 0 aromatic heterocycles. The van der Waals surface area contributed by atoms with E-state index in [0.717, 1.165) is 12.1 Å². The SMILES string of the molecule is O=C1C2NCCOC12Cc1ccccc1. The Balaban J connectivity index is 1.81. The molecule has 3 rings (SSSR count). The number of nitrogens with one attached hydrogen (secondary N) is 1. The summed E-state index contributed by atoms with van der Waals surface area (Å²) in [5, 5.41) is 3.19. The monoisotopic (exact) mass is 203 g/mol. The van der Waals surface area contributed by atoms with Crippen LogP contribution in [0.4, 0.5) is 0 Å². The van der Waals surface area contributed by atoms with Crippen molar-refractivity contribution < 1.29 is 9.53 Å². The van der Waals surface area contributed by atoms with Crippen molar-refractivity contribution in [2.24, 2.45) is 0 Å². The van der Waals surface area contributed by atoms with Gasteiger partial charge in [-0.2, -0.15) is 0 Å². The number of carbonyl (C=O) groups excluding carboxylic acids is 1. The number of hydrogen-bond acceptors (Lipinski definition) is 3. The molecule has 0 spiro atoms. The van der Waals surface area contributed by atoms with E-state index in [9.17, 15) is 4.79 Å². The molecule has 3 heteroatoms. The van der Waals surface area contributed by atoms with Crippen molar-refractivity contribution in [1.82, 2.24) is 5.32 Å². The molecule has 0 amide bonds. The van der Waals surface area contributed by atoms with Crippen LogP contribution >= 0.6 is 0 Å². The van der Waals surface area contributed by atoms with E-state index < -0.39 is 5.60 Å². The highest BCUT2D eigenvalue weighted by atomic mass is 16.5. The molecule has 3 nitrogen and oxygen atoms in total. The van der Waals surface area contributed by atoms with Gasteiger partial charge >= 0.3 is 0 Å². The third-order valence-corrected chi connectivity index (χ3v) is 3.18. The van der Waals surface area contributed by atoms with Gasteiger partial charge in [0.1, 0.15) is 6.04 Å². The minimum absolute atomic E-state index is 0.0635. The van der Waals surface area contributed by atoms with Crippen molar-refractivity contribution in [2.45, 2.75) is 18.1 Å². The predicted octanol–water partition coefficient (Wildman–Crippen LogP) is 0.539. The van der Waals surface area contributed by atoms with Crippen molar-refractivity contribution in [1.29, 1.82) is 0 Å². The van der Waals surface area contributed by atoms with Gasteiger partial charge in [0, 0.05) is 13.0 Å². The molecule has 2 atom stereocenters. The zero-order chi connectivity index (χ0) is 10.3. The van der Waals surface area contributed by atoms with E-state index in [4.69, 9.17) is 4.74 Å². The van der Waals surface area contributed by atoms with Gasteiger partial charge in [-0.3, -0.25) is 4.79 Å². The predicted molar refractivity (Wildman–Crippen MR) is 55.6 cm³/mol. The lowest BCUT2D eigenvalue weighted by molar-refractivity contribution is -0.117. The summed E-state index contributed by atoms with van der Waals surface area (Å²) in [4.78, 5) is 11.7. The van der Waals surface area contributed by atoms with Crippen molar-refractivity contribution >= 4 is 5.78 Å². The molecule has 2 fully saturated rings. The van der Waals surface area contributed by atoms with Gasteiger partial charge in [0.15, 0.2) is 11.4 Å². The first kappa shape index (κ1) is 9.07. The summed E-state index contributed by atoms with van der Waals surface area (Å²) in [6.45, 7) is 1.42. The van der Waals surface area contributed by atoms with Crippen molar-refractivity contribution in [3.8, 4) is 0 Å². The van der Waals surface area contributed by atoms with Crippen LogP contribution in [0.2, 0.25) is 0 Å². The Kier molecular flexibility index (Phi) is 1.90. The fourth-order valence-electron chi connectivity index (χ4n) is 2.32. The van der Waals surface area contributed by atoms with E-state index in [1.165, 1.54) is 0 Å². The lowest BCUT2D eigenvalue weighted by Crippen LogP contribution is -2.39. The number of Topliss-reactive ketones (excluding diaryl/α,β-unsaturated/α-hetero) is 1. The first-order valence-electron chi connectivity index (χ1n) is 5.28. The summed E-state index contributed by atoms with van der Waals surface area (Å²) in [7, 11) is 0. The number of ketones is 1. The second-order valence-electron chi connectivity index (χ2n) is 4.15. The maximum atomic E-state index is 11.7. The molecular weight excluding hydrogens is 190 g/mol. The number of morpholine rings is 1. The molecule has 78 valence electrons. The summed E-state index contributed by atoms with van der Waals surface area (Å²) >= 11 is 0. The summed E-state index contributed by atoms with van der Waals surface area (Å²) in [6, 6.07) is 9.97. The molecule has 0 radical (unpaired) electrons. The molecule has 1 aliphatic heterocycles. The minimum atomic E-state index is -0.542. The number of benzene rings is 1. The van der Waals surface area contributed by atoms with Crippen LogP contribution in [0.3, 0.4) is 0 Å². The molecule has 1 N–H and O–H groups in total. The van der Waals surface area contributed by atoms with Crippen molar-refractivity contribution in [3.05, 3.63) is 35.9 Å². The molecule has 0 bridgehead atoms. The van der Waals surface area contributed by atoms with Crippen LogP contribution < -0.4 is 5.32 Å². The van der Waals surface area contributed by atoms with Crippen LogP contribution in [0.15, 0.2) is 30.3 Å². The topological polar surface area (TPSA) is 38.3 Å². The second-order valence-corrected chi connectivity index (χ2v) is 4.15.